The van der Waals surface area contributed by atoms with E-state index in [4.69, 9.17) is 0 Å². The van der Waals surface area contributed by atoms with Gasteiger partial charge in [0.25, 0.3) is 5.91 Å². The van der Waals surface area contributed by atoms with Crippen molar-refractivity contribution in [2.45, 2.75) is 63.5 Å². The zero-order chi connectivity index (χ0) is 23.9. The van der Waals surface area contributed by atoms with Gasteiger partial charge in [-0.15, -0.1) is 0 Å². The van der Waals surface area contributed by atoms with Crippen molar-refractivity contribution in [2.75, 3.05) is 6.54 Å². The van der Waals surface area contributed by atoms with Crippen molar-refractivity contribution in [3.63, 3.8) is 0 Å². The molecule has 34 heavy (non-hydrogen) atoms. The van der Waals surface area contributed by atoms with Crippen molar-refractivity contribution in [3.05, 3.63) is 36.2 Å². The van der Waals surface area contributed by atoms with Crippen molar-refractivity contribution in [1.29, 1.82) is 0 Å². The van der Waals surface area contributed by atoms with E-state index in [1.165, 1.54) is 12.6 Å². The summed E-state index contributed by atoms with van der Waals surface area (Å²) in [4.78, 5) is 58.4. The van der Waals surface area contributed by atoms with Gasteiger partial charge in [0, 0.05) is 12.5 Å². The van der Waals surface area contributed by atoms with Gasteiger partial charge in [-0.3, -0.25) is 19.4 Å². The minimum absolute atomic E-state index is 0.0944. The molecule has 1 aromatic heterocycles. The van der Waals surface area contributed by atoms with E-state index in [1.807, 2.05) is 18.2 Å². The Morgan fingerprint density at radius 2 is 1.82 bits per heavy atom. The van der Waals surface area contributed by atoms with Gasteiger partial charge in [0.05, 0.1) is 23.3 Å². The number of benzene rings is 1. The molecule has 0 bridgehead atoms. The van der Waals surface area contributed by atoms with Crippen LogP contribution in [0, 0.1) is 11.8 Å². The number of nitrogens with zero attached hydrogens (tertiary/aromatic N) is 2. The van der Waals surface area contributed by atoms with Gasteiger partial charge in [0.15, 0.2) is 0 Å². The molecule has 1 saturated heterocycles. The fourth-order valence-corrected chi connectivity index (χ4v) is 4.89. The number of carbonyl (C=O) groups excluding carboxylic acids is 4. The first-order valence-electron chi connectivity index (χ1n) is 12.1. The molecule has 4 rings (SSSR count). The molecular formula is C25H31N5O4. The summed E-state index contributed by atoms with van der Waals surface area (Å²) in [5.74, 6) is -0.962. The van der Waals surface area contributed by atoms with Gasteiger partial charge >= 0.3 is 0 Å². The lowest BCUT2D eigenvalue weighted by Crippen LogP contribution is -2.51. The van der Waals surface area contributed by atoms with Gasteiger partial charge in [-0.05, 0) is 37.3 Å². The van der Waals surface area contributed by atoms with E-state index in [9.17, 15) is 19.2 Å². The maximum absolute atomic E-state index is 13.2. The zero-order valence-electron chi connectivity index (χ0n) is 19.2. The van der Waals surface area contributed by atoms with Crippen LogP contribution < -0.4 is 16.0 Å². The van der Waals surface area contributed by atoms with Gasteiger partial charge < -0.3 is 20.7 Å². The van der Waals surface area contributed by atoms with Crippen LogP contribution in [-0.4, -0.2) is 52.6 Å². The number of rotatable bonds is 9. The van der Waals surface area contributed by atoms with Gasteiger partial charge in [-0.25, -0.2) is 4.98 Å². The van der Waals surface area contributed by atoms with E-state index < -0.39 is 23.9 Å². The van der Waals surface area contributed by atoms with Crippen LogP contribution in [0.3, 0.4) is 0 Å². The molecule has 2 aliphatic rings. The smallest absolute Gasteiger partial charge is 0.272 e. The molecular weight excluding hydrogens is 434 g/mol. The summed E-state index contributed by atoms with van der Waals surface area (Å²) in [6.07, 6.45) is 8.87. The Morgan fingerprint density at radius 3 is 2.53 bits per heavy atom. The highest BCUT2D eigenvalue weighted by molar-refractivity contribution is 5.97. The summed E-state index contributed by atoms with van der Waals surface area (Å²) in [7, 11) is 0. The Hall–Kier alpha value is -3.36. The van der Waals surface area contributed by atoms with E-state index in [2.05, 4.69) is 25.9 Å². The minimum atomic E-state index is -0.802. The largest absolute Gasteiger partial charge is 0.356 e. The van der Waals surface area contributed by atoms with Crippen molar-refractivity contribution < 1.29 is 19.2 Å². The monoisotopic (exact) mass is 465 g/mol. The first-order chi connectivity index (χ1) is 16.5. The predicted molar refractivity (Wildman–Crippen MR) is 126 cm³/mol. The molecule has 0 unspecified atom stereocenters. The first-order valence-corrected chi connectivity index (χ1v) is 12.1. The highest BCUT2D eigenvalue weighted by atomic mass is 16.2. The molecule has 2 fully saturated rings. The van der Waals surface area contributed by atoms with Crippen LogP contribution in [-0.2, 0) is 14.4 Å². The lowest BCUT2D eigenvalue weighted by atomic mass is 9.84. The SMILES string of the molecule is O=C[C@H](C[C@@H]1CCNC1=O)NC(=O)[C@H](CC1CCCCC1)NC(=O)c1cnc2ccccc2n1. The molecule has 2 aromatic rings. The first kappa shape index (κ1) is 23.8. The van der Waals surface area contributed by atoms with E-state index in [0.29, 0.717) is 42.6 Å². The van der Waals surface area contributed by atoms with Crippen LogP contribution in [0.4, 0.5) is 0 Å². The molecule has 9 nitrogen and oxygen atoms in total. The number of carbonyl (C=O) groups is 4. The summed E-state index contributed by atoms with van der Waals surface area (Å²) >= 11 is 0. The highest BCUT2D eigenvalue weighted by Crippen LogP contribution is 2.27. The highest BCUT2D eigenvalue weighted by Gasteiger charge is 2.31. The van der Waals surface area contributed by atoms with Crippen LogP contribution in [0.25, 0.3) is 11.0 Å². The number of hydrogen-bond donors (Lipinski definition) is 3. The molecule has 3 N–H and O–H groups in total. The molecule has 3 atom stereocenters. The Labute approximate surface area is 198 Å². The Balaban J connectivity index is 1.46. The second kappa shape index (κ2) is 11.2. The molecule has 3 amide bonds. The van der Waals surface area contributed by atoms with Crippen molar-refractivity contribution in [1.82, 2.24) is 25.9 Å². The molecule has 0 radical (unpaired) electrons. The third-order valence-corrected chi connectivity index (χ3v) is 6.79. The quantitative estimate of drug-likeness (QED) is 0.485. The van der Waals surface area contributed by atoms with E-state index >= 15 is 0 Å². The standard InChI is InChI=1S/C25H31N5O4/c31-15-18(13-17-10-11-26-23(17)32)28-24(33)21(12-16-6-2-1-3-7-16)30-25(34)22-14-27-19-8-4-5-9-20(19)29-22/h4-5,8-9,14-18,21H,1-3,6-7,10-13H2,(H,26,32)(H,28,33)(H,30,34)/t17-,18-,21-/m0/s1. The summed E-state index contributed by atoms with van der Waals surface area (Å²) in [5, 5.41) is 8.33. The predicted octanol–water partition coefficient (Wildman–Crippen LogP) is 1.91. The van der Waals surface area contributed by atoms with Crippen LogP contribution in [0.5, 0.6) is 0 Å². The third-order valence-electron chi connectivity index (χ3n) is 6.79. The molecule has 1 aliphatic heterocycles. The third kappa shape index (κ3) is 5.95. The second-order valence-corrected chi connectivity index (χ2v) is 9.27. The lowest BCUT2D eigenvalue weighted by Gasteiger charge is -2.27. The molecule has 0 spiro atoms. The number of hydrogen-bond acceptors (Lipinski definition) is 6. The van der Waals surface area contributed by atoms with Crippen LogP contribution in [0.2, 0.25) is 0 Å². The van der Waals surface area contributed by atoms with Gasteiger partial charge in [-0.2, -0.15) is 0 Å². The summed E-state index contributed by atoms with van der Waals surface area (Å²) in [6, 6.07) is 5.67. The molecule has 1 aliphatic carbocycles. The molecule has 1 aromatic carbocycles. The van der Waals surface area contributed by atoms with Crippen LogP contribution >= 0.6 is 0 Å². The maximum Gasteiger partial charge on any atom is 0.272 e. The second-order valence-electron chi connectivity index (χ2n) is 9.27. The fraction of sp³-hybridized carbons (Fsp3) is 0.520. The van der Waals surface area contributed by atoms with Crippen molar-refractivity contribution in [3.8, 4) is 0 Å². The summed E-state index contributed by atoms with van der Waals surface area (Å²) in [6.45, 7) is 0.580. The number of nitrogens with one attached hydrogen (secondary N) is 3. The van der Waals surface area contributed by atoms with Crippen molar-refractivity contribution >= 4 is 35.0 Å². The Morgan fingerprint density at radius 1 is 1.06 bits per heavy atom. The van der Waals surface area contributed by atoms with E-state index in [-0.39, 0.29) is 23.9 Å². The van der Waals surface area contributed by atoms with Crippen molar-refractivity contribution in [2.24, 2.45) is 11.8 Å². The van der Waals surface area contributed by atoms with Crippen LogP contribution in [0.1, 0.15) is 61.9 Å². The number of amides is 3. The average molecular weight is 466 g/mol. The van der Waals surface area contributed by atoms with Crippen LogP contribution in [0.15, 0.2) is 30.5 Å². The Bertz CT molecular complexity index is 1050. The van der Waals surface area contributed by atoms with Gasteiger partial charge in [0.2, 0.25) is 11.8 Å². The number of aromatic nitrogens is 2. The minimum Gasteiger partial charge on any atom is -0.356 e. The number of para-hydroxylation sites is 2. The molecule has 1 saturated carbocycles. The fourth-order valence-electron chi connectivity index (χ4n) is 4.89. The number of fused-ring (bicyclic) bond motifs is 1. The normalized spacial score (nSPS) is 20.4. The molecule has 2 heterocycles. The Kier molecular flexibility index (Phi) is 7.82. The average Bonchev–Trinajstić information content (AvgIpc) is 3.27. The van der Waals surface area contributed by atoms with E-state index in [1.54, 1.807) is 6.07 Å². The van der Waals surface area contributed by atoms with E-state index in [0.717, 1.165) is 25.7 Å². The number of aldehydes is 1. The maximum atomic E-state index is 13.2. The van der Waals surface area contributed by atoms with Gasteiger partial charge in [-0.1, -0.05) is 44.2 Å². The summed E-state index contributed by atoms with van der Waals surface area (Å²) in [5.41, 5.74) is 1.41. The molecule has 9 heteroatoms. The van der Waals surface area contributed by atoms with Gasteiger partial charge in [0.1, 0.15) is 18.0 Å². The summed E-state index contributed by atoms with van der Waals surface area (Å²) < 4.78 is 0. The lowest BCUT2D eigenvalue weighted by molar-refractivity contribution is -0.127. The zero-order valence-corrected chi connectivity index (χ0v) is 19.2. The molecule has 180 valence electrons. The topological polar surface area (TPSA) is 130 Å².